The van der Waals surface area contributed by atoms with E-state index >= 15 is 0 Å². The van der Waals surface area contributed by atoms with Gasteiger partial charge < -0.3 is 9.15 Å². The van der Waals surface area contributed by atoms with Crippen molar-refractivity contribution in [3.63, 3.8) is 0 Å². The molecule has 0 aliphatic carbocycles. The number of ether oxygens (including phenoxy) is 1. The highest BCUT2D eigenvalue weighted by atomic mass is 16.5. The molecule has 86 valence electrons. The standard InChI is InChI=1S/C12H8O5/c1-16-10-4-2-3-7-5-8(9(14)6-13)12(15)17-11(7)10/h2-6H,1H3. The molecule has 0 spiro atoms. The van der Waals surface area contributed by atoms with E-state index in [0.29, 0.717) is 11.1 Å². The van der Waals surface area contributed by atoms with Gasteiger partial charge in [0.1, 0.15) is 5.56 Å². The van der Waals surface area contributed by atoms with E-state index < -0.39 is 11.4 Å². The zero-order valence-corrected chi connectivity index (χ0v) is 8.93. The summed E-state index contributed by atoms with van der Waals surface area (Å²) in [6.07, 6.45) is 0.0816. The molecule has 0 amide bonds. The van der Waals surface area contributed by atoms with E-state index in [-0.39, 0.29) is 17.4 Å². The van der Waals surface area contributed by atoms with Crippen LogP contribution in [0.25, 0.3) is 11.0 Å². The summed E-state index contributed by atoms with van der Waals surface area (Å²) in [5.74, 6) is -0.506. The van der Waals surface area contributed by atoms with Crippen molar-refractivity contribution < 1.29 is 18.7 Å². The zero-order chi connectivity index (χ0) is 12.4. The van der Waals surface area contributed by atoms with Crippen molar-refractivity contribution in [2.75, 3.05) is 7.11 Å². The predicted molar refractivity (Wildman–Crippen MR) is 59.4 cm³/mol. The Morgan fingerprint density at radius 3 is 2.82 bits per heavy atom. The lowest BCUT2D eigenvalue weighted by Gasteiger charge is -2.03. The average Bonchev–Trinajstić information content (AvgIpc) is 2.36. The lowest BCUT2D eigenvalue weighted by Crippen LogP contribution is -2.14. The van der Waals surface area contributed by atoms with Crippen molar-refractivity contribution in [1.82, 2.24) is 0 Å². The quantitative estimate of drug-likeness (QED) is 0.344. The van der Waals surface area contributed by atoms with Crippen LogP contribution in [-0.2, 0) is 4.79 Å². The number of hydrogen-bond acceptors (Lipinski definition) is 5. The van der Waals surface area contributed by atoms with Gasteiger partial charge in [0.2, 0.25) is 5.78 Å². The van der Waals surface area contributed by atoms with E-state index in [0.717, 1.165) is 0 Å². The summed E-state index contributed by atoms with van der Waals surface area (Å²) in [6.45, 7) is 0. The van der Waals surface area contributed by atoms with Gasteiger partial charge in [-0.1, -0.05) is 12.1 Å². The number of hydrogen-bond donors (Lipinski definition) is 0. The normalized spacial score (nSPS) is 10.2. The molecule has 5 nitrogen and oxygen atoms in total. The molecule has 0 radical (unpaired) electrons. The third kappa shape index (κ3) is 1.82. The number of para-hydroxylation sites is 1. The Bertz CT molecular complexity index is 653. The molecule has 0 N–H and O–H groups in total. The van der Waals surface area contributed by atoms with Crippen LogP contribution in [0.15, 0.2) is 33.5 Å². The summed E-state index contributed by atoms with van der Waals surface area (Å²) in [4.78, 5) is 33.0. The van der Waals surface area contributed by atoms with Gasteiger partial charge in [-0.15, -0.1) is 0 Å². The zero-order valence-electron chi connectivity index (χ0n) is 8.93. The van der Waals surface area contributed by atoms with E-state index in [2.05, 4.69) is 0 Å². The molecule has 0 aliphatic rings. The van der Waals surface area contributed by atoms with E-state index in [1.165, 1.54) is 13.2 Å². The van der Waals surface area contributed by atoms with Gasteiger partial charge in [-0.25, -0.2) is 4.79 Å². The van der Waals surface area contributed by atoms with Crippen molar-refractivity contribution in [2.24, 2.45) is 0 Å². The van der Waals surface area contributed by atoms with Crippen LogP contribution < -0.4 is 10.4 Å². The fourth-order valence-corrected chi connectivity index (χ4v) is 1.51. The molecule has 1 aromatic heterocycles. The van der Waals surface area contributed by atoms with Crippen molar-refractivity contribution in [3.05, 3.63) is 40.2 Å². The van der Waals surface area contributed by atoms with E-state index in [9.17, 15) is 14.4 Å². The Hall–Kier alpha value is -2.43. The molecule has 0 atom stereocenters. The molecule has 0 saturated carbocycles. The number of rotatable bonds is 3. The largest absolute Gasteiger partial charge is 0.493 e. The van der Waals surface area contributed by atoms with Gasteiger partial charge in [-0.2, -0.15) is 0 Å². The lowest BCUT2D eigenvalue weighted by molar-refractivity contribution is -0.104. The minimum atomic E-state index is -0.900. The molecule has 17 heavy (non-hydrogen) atoms. The fourth-order valence-electron chi connectivity index (χ4n) is 1.51. The number of fused-ring (bicyclic) bond motifs is 1. The Balaban J connectivity index is 2.79. The minimum absolute atomic E-state index is 0.0816. The monoisotopic (exact) mass is 232 g/mol. The Kier molecular flexibility index (Phi) is 2.74. The van der Waals surface area contributed by atoms with E-state index in [4.69, 9.17) is 9.15 Å². The number of aldehydes is 1. The highest BCUT2D eigenvalue weighted by Crippen LogP contribution is 2.24. The molecule has 0 bridgehead atoms. The number of methoxy groups -OCH3 is 1. The van der Waals surface area contributed by atoms with Crippen LogP contribution in [-0.4, -0.2) is 19.2 Å². The van der Waals surface area contributed by atoms with Gasteiger partial charge in [0, 0.05) is 5.39 Å². The van der Waals surface area contributed by atoms with Gasteiger partial charge in [0.05, 0.1) is 7.11 Å². The average molecular weight is 232 g/mol. The first kappa shape index (κ1) is 11.1. The Morgan fingerprint density at radius 1 is 1.41 bits per heavy atom. The number of ketones is 1. The summed E-state index contributed by atoms with van der Waals surface area (Å²) in [5.41, 5.74) is -0.873. The van der Waals surface area contributed by atoms with Crippen LogP contribution in [0, 0.1) is 0 Å². The maximum atomic E-state index is 11.5. The van der Waals surface area contributed by atoms with Crippen LogP contribution >= 0.6 is 0 Å². The third-order valence-corrected chi connectivity index (χ3v) is 2.32. The summed E-state index contributed by atoms with van der Waals surface area (Å²) in [7, 11) is 1.44. The maximum Gasteiger partial charge on any atom is 0.347 e. The second-order valence-corrected chi connectivity index (χ2v) is 3.31. The molecule has 1 aromatic carbocycles. The highest BCUT2D eigenvalue weighted by Gasteiger charge is 2.14. The first-order chi connectivity index (χ1) is 8.17. The predicted octanol–water partition coefficient (Wildman–Crippen LogP) is 1.18. The Morgan fingerprint density at radius 2 is 2.18 bits per heavy atom. The number of carbonyl (C=O) groups excluding carboxylic acids is 2. The molecule has 0 unspecified atom stereocenters. The van der Waals surface area contributed by atoms with Crippen LogP contribution in [0.2, 0.25) is 0 Å². The van der Waals surface area contributed by atoms with Gasteiger partial charge >= 0.3 is 5.63 Å². The molecule has 5 heteroatoms. The summed E-state index contributed by atoms with van der Waals surface area (Å²) >= 11 is 0. The van der Waals surface area contributed by atoms with E-state index in [1.54, 1.807) is 18.2 Å². The molecule has 2 aromatic rings. The molecule has 0 saturated heterocycles. The second-order valence-electron chi connectivity index (χ2n) is 3.31. The van der Waals surface area contributed by atoms with Crippen molar-refractivity contribution in [1.29, 1.82) is 0 Å². The Labute approximate surface area is 95.6 Å². The molecular formula is C12H8O5. The van der Waals surface area contributed by atoms with Crippen molar-refractivity contribution in [2.45, 2.75) is 0 Å². The first-order valence-corrected chi connectivity index (χ1v) is 4.77. The summed E-state index contributed by atoms with van der Waals surface area (Å²) in [6, 6.07) is 6.30. The molecule has 1 heterocycles. The van der Waals surface area contributed by atoms with Crippen LogP contribution in [0.4, 0.5) is 0 Å². The van der Waals surface area contributed by atoms with Gasteiger partial charge in [0.15, 0.2) is 17.6 Å². The van der Waals surface area contributed by atoms with Crippen molar-refractivity contribution in [3.8, 4) is 5.75 Å². The van der Waals surface area contributed by atoms with Crippen molar-refractivity contribution >= 4 is 23.0 Å². The lowest BCUT2D eigenvalue weighted by atomic mass is 10.1. The number of benzene rings is 1. The van der Waals surface area contributed by atoms with Crippen LogP contribution in [0.3, 0.4) is 0 Å². The fraction of sp³-hybridized carbons (Fsp3) is 0.0833. The van der Waals surface area contributed by atoms with Gasteiger partial charge in [-0.05, 0) is 12.1 Å². The maximum absolute atomic E-state index is 11.5. The topological polar surface area (TPSA) is 73.6 Å². The molecular weight excluding hydrogens is 224 g/mol. The minimum Gasteiger partial charge on any atom is -0.493 e. The van der Waals surface area contributed by atoms with Gasteiger partial charge in [0.25, 0.3) is 0 Å². The van der Waals surface area contributed by atoms with Crippen LogP contribution in [0.5, 0.6) is 5.75 Å². The van der Waals surface area contributed by atoms with Gasteiger partial charge in [-0.3, -0.25) is 9.59 Å². The summed E-state index contributed by atoms with van der Waals surface area (Å²) < 4.78 is 10.00. The molecule has 0 fully saturated rings. The molecule has 0 aliphatic heterocycles. The second kappa shape index (κ2) is 4.21. The summed E-state index contributed by atoms with van der Waals surface area (Å²) in [5, 5.41) is 0.522. The molecule has 2 rings (SSSR count). The highest BCUT2D eigenvalue weighted by molar-refractivity contribution is 6.33. The van der Waals surface area contributed by atoms with Crippen LogP contribution in [0.1, 0.15) is 10.4 Å². The third-order valence-electron chi connectivity index (χ3n) is 2.32. The number of carbonyl (C=O) groups is 2. The smallest absolute Gasteiger partial charge is 0.347 e. The number of Topliss-reactive ketones (excluding diaryl/α,β-unsaturated/α-hetero) is 1. The van der Waals surface area contributed by atoms with E-state index in [1.807, 2.05) is 0 Å². The SMILES string of the molecule is COc1cccc2cc(C(=O)C=O)c(=O)oc12. The first-order valence-electron chi connectivity index (χ1n) is 4.77.